The highest BCUT2D eigenvalue weighted by molar-refractivity contribution is 6.30. The minimum absolute atomic E-state index is 0.150. The van der Waals surface area contributed by atoms with Crippen LogP contribution >= 0.6 is 11.6 Å². The Morgan fingerprint density at radius 2 is 2.05 bits per heavy atom. The molecule has 1 N–H and O–H groups in total. The van der Waals surface area contributed by atoms with Crippen molar-refractivity contribution in [2.24, 2.45) is 0 Å². The van der Waals surface area contributed by atoms with Gasteiger partial charge >= 0.3 is 6.18 Å². The quantitative estimate of drug-likeness (QED) is 0.899. The lowest BCUT2D eigenvalue weighted by Crippen LogP contribution is -2.21. The van der Waals surface area contributed by atoms with Crippen molar-refractivity contribution in [1.82, 2.24) is 4.98 Å². The molecule has 110 valence electrons. The van der Waals surface area contributed by atoms with Gasteiger partial charge in [0.25, 0.3) is 0 Å². The number of fused-ring (bicyclic) bond motifs is 3. The second-order valence-corrected chi connectivity index (χ2v) is 5.06. The van der Waals surface area contributed by atoms with Gasteiger partial charge in [0.15, 0.2) is 0 Å². The first-order chi connectivity index (χ1) is 9.92. The van der Waals surface area contributed by atoms with Gasteiger partial charge in [0, 0.05) is 10.6 Å². The summed E-state index contributed by atoms with van der Waals surface area (Å²) >= 11 is 5.93. The summed E-state index contributed by atoms with van der Waals surface area (Å²) in [6, 6.07) is 6.89. The molecule has 0 radical (unpaired) electrons. The molecule has 21 heavy (non-hydrogen) atoms. The van der Waals surface area contributed by atoms with Gasteiger partial charge in [0.2, 0.25) is 0 Å². The van der Waals surface area contributed by atoms with Crippen LogP contribution in [0.4, 0.5) is 19.0 Å². The van der Waals surface area contributed by atoms with E-state index >= 15 is 0 Å². The summed E-state index contributed by atoms with van der Waals surface area (Å²) < 4.78 is 42.2. The lowest BCUT2D eigenvalue weighted by Gasteiger charge is -2.21. The third kappa shape index (κ3) is 3.05. The van der Waals surface area contributed by atoms with Gasteiger partial charge in [-0.25, -0.2) is 4.98 Å². The molecule has 2 heterocycles. The summed E-state index contributed by atoms with van der Waals surface area (Å²) in [5.74, 6) is 0.694. The van der Waals surface area contributed by atoms with Crippen molar-refractivity contribution in [3.05, 3.63) is 41.0 Å². The minimum Gasteiger partial charge on any atom is -0.487 e. The number of pyridine rings is 1. The number of alkyl halides is 3. The maximum atomic E-state index is 12.2. The number of halogens is 4. The SMILES string of the molecule is FC(F)(F)CNc1cc2c(cn1)OCc1cc(Cl)ccc1-2. The Kier molecular flexibility index (Phi) is 3.41. The Morgan fingerprint density at radius 1 is 1.24 bits per heavy atom. The average molecular weight is 315 g/mol. The van der Waals surface area contributed by atoms with E-state index in [4.69, 9.17) is 16.3 Å². The molecule has 0 amide bonds. The number of hydrogen-bond donors (Lipinski definition) is 1. The highest BCUT2D eigenvalue weighted by atomic mass is 35.5. The van der Waals surface area contributed by atoms with Crippen molar-refractivity contribution >= 4 is 17.4 Å². The summed E-state index contributed by atoms with van der Waals surface area (Å²) in [5, 5.41) is 2.85. The van der Waals surface area contributed by atoms with E-state index in [1.54, 1.807) is 18.2 Å². The normalized spacial score (nSPS) is 13.1. The molecule has 0 saturated heterocycles. The van der Waals surface area contributed by atoms with E-state index < -0.39 is 12.7 Å². The third-order valence-electron chi connectivity index (χ3n) is 3.08. The summed E-state index contributed by atoms with van der Waals surface area (Å²) in [5.41, 5.74) is 2.48. The maximum Gasteiger partial charge on any atom is 0.405 e. The molecule has 0 spiro atoms. The average Bonchev–Trinajstić information content (AvgIpc) is 2.43. The van der Waals surface area contributed by atoms with Gasteiger partial charge in [-0.05, 0) is 29.3 Å². The van der Waals surface area contributed by atoms with Gasteiger partial charge in [0.05, 0.1) is 6.20 Å². The fourth-order valence-electron chi connectivity index (χ4n) is 2.16. The predicted octanol–water partition coefficient (Wildman–Crippen LogP) is 4.27. The van der Waals surface area contributed by atoms with Crippen molar-refractivity contribution in [2.75, 3.05) is 11.9 Å². The molecule has 0 aliphatic carbocycles. The van der Waals surface area contributed by atoms with Crippen LogP contribution in [0.3, 0.4) is 0 Å². The van der Waals surface area contributed by atoms with E-state index in [1.165, 1.54) is 6.20 Å². The topological polar surface area (TPSA) is 34.2 Å². The molecule has 1 aromatic heterocycles. The zero-order valence-electron chi connectivity index (χ0n) is 10.7. The molecule has 7 heteroatoms. The van der Waals surface area contributed by atoms with Crippen molar-refractivity contribution in [1.29, 1.82) is 0 Å². The minimum atomic E-state index is -4.29. The molecular weight excluding hydrogens is 305 g/mol. The highest BCUT2D eigenvalue weighted by Gasteiger charge is 2.27. The van der Waals surface area contributed by atoms with Crippen LogP contribution in [-0.2, 0) is 6.61 Å². The van der Waals surface area contributed by atoms with E-state index in [1.807, 2.05) is 6.07 Å². The number of ether oxygens (including phenoxy) is 1. The first-order valence-electron chi connectivity index (χ1n) is 6.15. The number of rotatable bonds is 2. The molecule has 3 nitrogen and oxygen atoms in total. The van der Waals surface area contributed by atoms with Crippen LogP contribution in [0, 0.1) is 0 Å². The number of hydrogen-bond acceptors (Lipinski definition) is 3. The van der Waals surface area contributed by atoms with Crippen molar-refractivity contribution < 1.29 is 17.9 Å². The Bertz CT molecular complexity index is 688. The van der Waals surface area contributed by atoms with Crippen molar-refractivity contribution in [3.8, 4) is 16.9 Å². The summed E-state index contributed by atoms with van der Waals surface area (Å²) in [6.07, 6.45) is -2.87. The van der Waals surface area contributed by atoms with Gasteiger partial charge in [-0.3, -0.25) is 0 Å². The number of nitrogens with one attached hydrogen (secondary N) is 1. The second kappa shape index (κ2) is 5.11. The zero-order chi connectivity index (χ0) is 15.0. The number of nitrogens with zero attached hydrogens (tertiary/aromatic N) is 1. The van der Waals surface area contributed by atoms with Crippen LogP contribution in [0.5, 0.6) is 5.75 Å². The molecule has 3 rings (SSSR count). The highest BCUT2D eigenvalue weighted by Crippen LogP contribution is 2.39. The largest absolute Gasteiger partial charge is 0.487 e. The van der Waals surface area contributed by atoms with Gasteiger partial charge < -0.3 is 10.1 Å². The van der Waals surface area contributed by atoms with Crippen LogP contribution in [0.2, 0.25) is 5.02 Å². The molecular formula is C14H10ClF3N2O. The summed E-state index contributed by atoms with van der Waals surface area (Å²) in [7, 11) is 0. The van der Waals surface area contributed by atoms with E-state index in [0.29, 0.717) is 22.9 Å². The first-order valence-corrected chi connectivity index (χ1v) is 6.52. The van der Waals surface area contributed by atoms with E-state index in [0.717, 1.165) is 11.1 Å². The molecule has 1 aliphatic heterocycles. The van der Waals surface area contributed by atoms with Crippen molar-refractivity contribution in [3.63, 3.8) is 0 Å². The maximum absolute atomic E-state index is 12.2. The molecule has 0 unspecified atom stereocenters. The first kappa shape index (κ1) is 14.0. The summed E-state index contributed by atoms with van der Waals surface area (Å²) in [4.78, 5) is 3.92. The fraction of sp³-hybridized carbons (Fsp3) is 0.214. The zero-order valence-corrected chi connectivity index (χ0v) is 11.4. The lowest BCUT2D eigenvalue weighted by molar-refractivity contribution is -0.115. The Hall–Kier alpha value is -1.95. The van der Waals surface area contributed by atoms with Crippen LogP contribution in [0.1, 0.15) is 5.56 Å². The monoisotopic (exact) mass is 314 g/mol. The van der Waals surface area contributed by atoms with E-state index in [-0.39, 0.29) is 5.82 Å². The van der Waals surface area contributed by atoms with Crippen LogP contribution in [0.25, 0.3) is 11.1 Å². The fourth-order valence-corrected chi connectivity index (χ4v) is 2.35. The summed E-state index contributed by atoms with van der Waals surface area (Å²) in [6.45, 7) is -0.771. The second-order valence-electron chi connectivity index (χ2n) is 4.62. The number of aromatic nitrogens is 1. The van der Waals surface area contributed by atoms with Crippen LogP contribution < -0.4 is 10.1 Å². The smallest absolute Gasteiger partial charge is 0.405 e. The number of anilines is 1. The standard InChI is InChI=1S/C14H10ClF3N2O/c15-9-1-2-10-8(3-9)6-21-12-5-19-13(4-11(10)12)20-7-14(16,17)18/h1-5H,6-7H2,(H,19,20). The molecule has 0 fully saturated rings. The van der Waals surface area contributed by atoms with E-state index in [9.17, 15) is 13.2 Å². The van der Waals surface area contributed by atoms with Gasteiger partial charge in [-0.2, -0.15) is 13.2 Å². The van der Waals surface area contributed by atoms with Gasteiger partial charge in [0.1, 0.15) is 24.7 Å². The van der Waals surface area contributed by atoms with Gasteiger partial charge in [-0.1, -0.05) is 17.7 Å². The molecule has 0 saturated carbocycles. The molecule has 1 aliphatic rings. The molecule has 1 aromatic carbocycles. The lowest BCUT2D eigenvalue weighted by atomic mass is 9.98. The Labute approximate surface area is 123 Å². The Morgan fingerprint density at radius 3 is 2.81 bits per heavy atom. The third-order valence-corrected chi connectivity index (χ3v) is 3.31. The molecule has 0 bridgehead atoms. The predicted molar refractivity (Wildman–Crippen MR) is 73.6 cm³/mol. The molecule has 2 aromatic rings. The van der Waals surface area contributed by atoms with Crippen LogP contribution in [-0.4, -0.2) is 17.7 Å². The number of benzene rings is 1. The molecule has 0 atom stereocenters. The van der Waals surface area contributed by atoms with Crippen molar-refractivity contribution in [2.45, 2.75) is 12.8 Å². The Balaban J connectivity index is 1.94. The van der Waals surface area contributed by atoms with Gasteiger partial charge in [-0.15, -0.1) is 0 Å². The van der Waals surface area contributed by atoms with E-state index in [2.05, 4.69) is 10.3 Å². The van der Waals surface area contributed by atoms with Crippen LogP contribution in [0.15, 0.2) is 30.5 Å².